The van der Waals surface area contributed by atoms with Gasteiger partial charge in [0.1, 0.15) is 5.69 Å². The highest BCUT2D eigenvalue weighted by molar-refractivity contribution is 5.93. The molecule has 0 bridgehead atoms. The molecule has 1 aliphatic rings. The number of rotatable bonds is 6. The lowest BCUT2D eigenvalue weighted by Gasteiger charge is -2.39. The molecule has 1 unspecified atom stereocenters. The van der Waals surface area contributed by atoms with Gasteiger partial charge in [-0.25, -0.2) is 29.5 Å². The average molecular weight is 605 g/mol. The van der Waals surface area contributed by atoms with Crippen molar-refractivity contribution in [2.24, 2.45) is 0 Å². The van der Waals surface area contributed by atoms with Gasteiger partial charge < -0.3 is 9.80 Å². The van der Waals surface area contributed by atoms with Crippen LogP contribution in [0.4, 0.5) is 0 Å². The van der Waals surface area contributed by atoms with Crippen LogP contribution >= 0.6 is 0 Å². The number of aromatic amines is 2. The average Bonchev–Trinajstić information content (AvgIpc) is 3.58. The van der Waals surface area contributed by atoms with Gasteiger partial charge in [-0.2, -0.15) is 0 Å². The van der Waals surface area contributed by atoms with Crippen LogP contribution in [0.2, 0.25) is 0 Å². The smallest absolute Gasteiger partial charge is 0.326 e. The van der Waals surface area contributed by atoms with Crippen LogP contribution in [0.15, 0.2) is 82.6 Å². The molecule has 228 valence electrons. The van der Waals surface area contributed by atoms with E-state index in [-0.39, 0.29) is 35.1 Å². The summed E-state index contributed by atoms with van der Waals surface area (Å²) in [6.45, 7) is 5.42. The summed E-state index contributed by atoms with van der Waals surface area (Å²) in [6, 6.07) is 18.3. The molecule has 45 heavy (non-hydrogen) atoms. The molecule has 4 aromatic heterocycles. The summed E-state index contributed by atoms with van der Waals surface area (Å²) in [5.74, 6) is -0.332. The van der Waals surface area contributed by atoms with E-state index in [1.54, 1.807) is 15.7 Å². The second-order valence-electron chi connectivity index (χ2n) is 11.4. The molecule has 0 spiro atoms. The Morgan fingerprint density at radius 2 is 1.31 bits per heavy atom. The Labute approximate surface area is 257 Å². The van der Waals surface area contributed by atoms with E-state index in [1.165, 1.54) is 10.8 Å². The van der Waals surface area contributed by atoms with Gasteiger partial charge in [-0.15, -0.1) is 0 Å². The molecule has 1 amide bonds. The number of piperazine rings is 1. The van der Waals surface area contributed by atoms with Crippen molar-refractivity contribution in [1.82, 2.24) is 48.8 Å². The van der Waals surface area contributed by atoms with Gasteiger partial charge in [0.25, 0.3) is 5.91 Å². The highest BCUT2D eigenvalue weighted by atomic mass is 16.2. The summed E-state index contributed by atoms with van der Waals surface area (Å²) in [5, 5.41) is 0. The van der Waals surface area contributed by atoms with E-state index in [1.807, 2.05) is 81.6 Å². The molecule has 2 N–H and O–H groups in total. The van der Waals surface area contributed by atoms with Crippen molar-refractivity contribution in [3.8, 4) is 0 Å². The maximum atomic E-state index is 14.1. The maximum Gasteiger partial charge on any atom is 0.329 e. The van der Waals surface area contributed by atoms with Crippen molar-refractivity contribution in [2.45, 2.75) is 32.0 Å². The van der Waals surface area contributed by atoms with Crippen molar-refractivity contribution >= 4 is 28.5 Å². The van der Waals surface area contributed by atoms with Crippen molar-refractivity contribution in [2.75, 3.05) is 26.7 Å². The Hall–Kier alpha value is -5.43. The maximum absolute atomic E-state index is 14.1. The van der Waals surface area contributed by atoms with Gasteiger partial charge in [-0.05, 0) is 32.0 Å². The summed E-state index contributed by atoms with van der Waals surface area (Å²) in [6.07, 6.45) is 3.01. The van der Waals surface area contributed by atoms with Crippen LogP contribution in [0, 0.1) is 0 Å². The molecular weight excluding hydrogens is 572 g/mol. The number of aromatic nitrogens is 8. The number of amides is 1. The number of H-pyrrole nitrogens is 2. The Morgan fingerprint density at radius 3 is 1.89 bits per heavy atom. The van der Waals surface area contributed by atoms with E-state index in [0.29, 0.717) is 47.9 Å². The lowest BCUT2D eigenvalue weighted by molar-refractivity contribution is 0.0484. The van der Waals surface area contributed by atoms with Crippen LogP contribution in [0.3, 0.4) is 0 Å². The Morgan fingerprint density at radius 1 is 0.778 bits per heavy atom. The molecule has 1 saturated heterocycles. The summed E-state index contributed by atoms with van der Waals surface area (Å²) >= 11 is 0. The molecule has 0 saturated carbocycles. The number of nitrogens with one attached hydrogen (secondary N) is 2. The second kappa shape index (κ2) is 11.2. The van der Waals surface area contributed by atoms with E-state index in [0.717, 1.165) is 11.1 Å². The van der Waals surface area contributed by atoms with Crippen LogP contribution in [0.5, 0.6) is 0 Å². The lowest BCUT2D eigenvalue weighted by atomic mass is 10.1. The fourth-order valence-electron chi connectivity index (χ4n) is 6.11. The summed E-state index contributed by atoms with van der Waals surface area (Å²) in [5.41, 5.74) is 3.31. The standard InChI is InChI=1S/C32H32N10O3/c1-19(21-10-6-4-7-11-21)41-28-26(37-31(41)44)33-16-23(35-28)25-18-39(3)14-15-40(25)30(43)24-17-34-27-29(36-24)42(32(45)38-27)20(2)22-12-8-5-9-13-22/h4-13,16-17,19-20,25H,14-15,18H2,1-3H3,(H,33,37,44)(H,34,38,45)/t19?,20-,25-/m0/s1. The number of imidazole rings is 2. The first-order valence-corrected chi connectivity index (χ1v) is 14.8. The number of likely N-dealkylation sites (N-methyl/N-ethyl adjacent to an activating group) is 1. The van der Waals surface area contributed by atoms with Crippen LogP contribution < -0.4 is 11.4 Å². The first-order chi connectivity index (χ1) is 21.8. The minimum atomic E-state index is -0.465. The van der Waals surface area contributed by atoms with Gasteiger partial charge in [-0.1, -0.05) is 60.7 Å². The molecule has 7 rings (SSSR count). The van der Waals surface area contributed by atoms with Crippen LogP contribution in [0.1, 0.15) is 59.3 Å². The third kappa shape index (κ3) is 5.00. The zero-order chi connectivity index (χ0) is 31.2. The van der Waals surface area contributed by atoms with E-state index in [2.05, 4.69) is 29.8 Å². The van der Waals surface area contributed by atoms with Gasteiger partial charge in [-0.3, -0.25) is 23.9 Å². The summed E-state index contributed by atoms with van der Waals surface area (Å²) < 4.78 is 3.12. The van der Waals surface area contributed by atoms with Crippen molar-refractivity contribution in [3.63, 3.8) is 0 Å². The van der Waals surface area contributed by atoms with Gasteiger partial charge in [0.05, 0.1) is 36.2 Å². The molecule has 1 fully saturated rings. The van der Waals surface area contributed by atoms with Crippen LogP contribution in [-0.2, 0) is 0 Å². The first-order valence-electron chi connectivity index (χ1n) is 14.8. The zero-order valence-electron chi connectivity index (χ0n) is 25.1. The number of carbonyl (C=O) groups is 1. The van der Waals surface area contributed by atoms with E-state index in [9.17, 15) is 14.4 Å². The van der Waals surface area contributed by atoms with Gasteiger partial charge in [0, 0.05) is 19.6 Å². The van der Waals surface area contributed by atoms with Crippen LogP contribution in [0.25, 0.3) is 22.6 Å². The Balaban J connectivity index is 1.26. The summed E-state index contributed by atoms with van der Waals surface area (Å²) in [7, 11) is 1.99. The molecule has 13 nitrogen and oxygen atoms in total. The third-order valence-electron chi connectivity index (χ3n) is 8.61. The molecule has 0 radical (unpaired) electrons. The van der Waals surface area contributed by atoms with Crippen molar-refractivity contribution in [3.05, 3.63) is 117 Å². The number of hydrogen-bond acceptors (Lipinski definition) is 8. The van der Waals surface area contributed by atoms with Gasteiger partial charge >= 0.3 is 11.4 Å². The highest BCUT2D eigenvalue weighted by Gasteiger charge is 2.34. The normalized spacial score (nSPS) is 17.1. The van der Waals surface area contributed by atoms with E-state index >= 15 is 0 Å². The molecule has 5 heterocycles. The fraction of sp³-hybridized carbons (Fsp3) is 0.281. The van der Waals surface area contributed by atoms with E-state index in [4.69, 9.17) is 4.98 Å². The Kier molecular flexibility index (Phi) is 7.09. The molecule has 13 heteroatoms. The second-order valence-corrected chi connectivity index (χ2v) is 11.4. The quantitative estimate of drug-likeness (QED) is 0.295. The number of nitrogens with zero attached hydrogens (tertiary/aromatic N) is 8. The predicted octanol–water partition coefficient (Wildman–Crippen LogP) is 2.90. The summed E-state index contributed by atoms with van der Waals surface area (Å²) in [4.78, 5) is 68.1. The van der Waals surface area contributed by atoms with Crippen molar-refractivity contribution < 1.29 is 4.79 Å². The third-order valence-corrected chi connectivity index (χ3v) is 8.61. The van der Waals surface area contributed by atoms with Gasteiger partial charge in [0.15, 0.2) is 22.6 Å². The largest absolute Gasteiger partial charge is 0.329 e. The monoisotopic (exact) mass is 604 g/mol. The topological polar surface area (TPSA) is 151 Å². The Bertz CT molecular complexity index is 2130. The highest BCUT2D eigenvalue weighted by Crippen LogP contribution is 2.28. The molecular formula is C32H32N10O3. The number of fused-ring (bicyclic) bond motifs is 2. The van der Waals surface area contributed by atoms with Crippen molar-refractivity contribution in [1.29, 1.82) is 0 Å². The molecule has 0 aliphatic carbocycles. The molecule has 6 aromatic rings. The predicted molar refractivity (Wildman–Crippen MR) is 168 cm³/mol. The number of carbonyl (C=O) groups excluding carboxylic acids is 1. The zero-order valence-corrected chi connectivity index (χ0v) is 25.1. The molecule has 3 atom stereocenters. The molecule has 2 aromatic carbocycles. The fourth-order valence-corrected chi connectivity index (χ4v) is 6.11. The minimum absolute atomic E-state index is 0.121. The number of hydrogen-bond donors (Lipinski definition) is 2. The van der Waals surface area contributed by atoms with Gasteiger partial charge in [0.2, 0.25) is 0 Å². The van der Waals surface area contributed by atoms with E-state index < -0.39 is 6.04 Å². The SMILES string of the molecule is CC(c1ccccc1)n1c(=O)[nH]c2ncc([C@@H]3CN(C)CCN3C(=O)c3cnc4[nH]c(=O)n([C@@H](C)c5ccccc5)c4n3)nc21. The first kappa shape index (κ1) is 28.3. The lowest BCUT2D eigenvalue weighted by Crippen LogP contribution is -2.49. The molecule has 1 aliphatic heterocycles. The van der Waals surface area contributed by atoms with Crippen LogP contribution in [-0.4, -0.2) is 81.4 Å². The number of benzene rings is 2. The minimum Gasteiger partial charge on any atom is -0.326 e.